The molecule has 0 aromatic carbocycles. The first-order chi connectivity index (χ1) is 7.27. The van der Waals surface area contributed by atoms with Gasteiger partial charge in [-0.05, 0) is 12.1 Å². The number of carboxylic acids is 1. The molecule has 0 aliphatic carbocycles. The summed E-state index contributed by atoms with van der Waals surface area (Å²) in [6.07, 6.45) is 2.43. The molecule has 2 heterocycles. The molecule has 0 aliphatic heterocycles. The van der Waals surface area contributed by atoms with E-state index in [1.54, 1.807) is 0 Å². The van der Waals surface area contributed by atoms with E-state index in [0.717, 1.165) is 0 Å². The maximum absolute atomic E-state index is 10.6. The summed E-state index contributed by atoms with van der Waals surface area (Å²) in [6.45, 7) is 0. The largest absolute Gasteiger partial charge is 0.478 e. The molecule has 7 heteroatoms. The van der Waals surface area contributed by atoms with E-state index >= 15 is 0 Å². The van der Waals surface area contributed by atoms with E-state index in [9.17, 15) is 4.79 Å². The SMILES string of the molecule is O=C(O)c1ccc(-c2nncnn2)nc1. The molecule has 2 aromatic heterocycles. The minimum atomic E-state index is -1.03. The van der Waals surface area contributed by atoms with Crippen LogP contribution < -0.4 is 0 Å². The Morgan fingerprint density at radius 3 is 2.47 bits per heavy atom. The lowest BCUT2D eigenvalue weighted by Crippen LogP contribution is -1.99. The normalized spacial score (nSPS) is 9.87. The molecule has 2 rings (SSSR count). The third-order valence-electron chi connectivity index (χ3n) is 1.65. The summed E-state index contributed by atoms with van der Waals surface area (Å²) in [5, 5.41) is 23.1. The molecule has 0 aliphatic rings. The number of carbonyl (C=O) groups is 1. The lowest BCUT2D eigenvalue weighted by Gasteiger charge is -1.96. The number of carboxylic acid groups (broad SMARTS) is 1. The van der Waals surface area contributed by atoms with Gasteiger partial charge < -0.3 is 5.11 Å². The predicted molar refractivity (Wildman–Crippen MR) is 47.8 cm³/mol. The second-order valence-electron chi connectivity index (χ2n) is 2.61. The highest BCUT2D eigenvalue weighted by atomic mass is 16.4. The molecule has 0 unspecified atom stereocenters. The molecular weight excluding hydrogens is 198 g/mol. The molecule has 0 bridgehead atoms. The molecular formula is C8H5N5O2. The van der Waals surface area contributed by atoms with Crippen molar-refractivity contribution >= 4 is 5.97 Å². The van der Waals surface area contributed by atoms with Crippen LogP contribution in [0.15, 0.2) is 24.7 Å². The molecule has 15 heavy (non-hydrogen) atoms. The summed E-state index contributed by atoms with van der Waals surface area (Å²) in [5.41, 5.74) is 0.538. The van der Waals surface area contributed by atoms with Gasteiger partial charge in [0.25, 0.3) is 0 Å². The topological polar surface area (TPSA) is 102 Å². The first-order valence-electron chi connectivity index (χ1n) is 3.97. The van der Waals surface area contributed by atoms with Crippen LogP contribution in [-0.2, 0) is 0 Å². The van der Waals surface area contributed by atoms with E-state index < -0.39 is 5.97 Å². The third-order valence-corrected chi connectivity index (χ3v) is 1.65. The van der Waals surface area contributed by atoms with E-state index in [0.29, 0.717) is 5.69 Å². The average Bonchev–Trinajstić information content (AvgIpc) is 2.30. The van der Waals surface area contributed by atoms with Crippen molar-refractivity contribution in [3.63, 3.8) is 0 Å². The Bertz CT molecular complexity index is 470. The van der Waals surface area contributed by atoms with Gasteiger partial charge in [-0.3, -0.25) is 4.98 Å². The maximum atomic E-state index is 10.6. The molecule has 0 spiro atoms. The summed E-state index contributed by atoms with van der Waals surface area (Å²) >= 11 is 0. The van der Waals surface area contributed by atoms with E-state index in [1.807, 2.05) is 0 Å². The van der Waals surface area contributed by atoms with Crippen LogP contribution in [-0.4, -0.2) is 36.5 Å². The van der Waals surface area contributed by atoms with Gasteiger partial charge in [0.15, 0.2) is 6.33 Å². The zero-order valence-electron chi connectivity index (χ0n) is 7.40. The van der Waals surface area contributed by atoms with Gasteiger partial charge in [0, 0.05) is 6.20 Å². The second kappa shape index (κ2) is 3.74. The Kier molecular flexibility index (Phi) is 2.28. The number of nitrogens with zero attached hydrogens (tertiary/aromatic N) is 5. The van der Waals surface area contributed by atoms with Crippen LogP contribution in [0.1, 0.15) is 10.4 Å². The highest BCUT2D eigenvalue weighted by molar-refractivity contribution is 5.87. The molecule has 7 nitrogen and oxygen atoms in total. The Morgan fingerprint density at radius 2 is 1.93 bits per heavy atom. The van der Waals surface area contributed by atoms with E-state index in [2.05, 4.69) is 25.4 Å². The number of hydrogen-bond acceptors (Lipinski definition) is 6. The summed E-state index contributed by atoms with van der Waals surface area (Å²) in [7, 11) is 0. The lowest BCUT2D eigenvalue weighted by atomic mass is 10.2. The van der Waals surface area contributed by atoms with Crippen LogP contribution in [0.25, 0.3) is 11.5 Å². The Hall–Kier alpha value is -2.44. The fourth-order valence-electron chi connectivity index (χ4n) is 0.959. The minimum absolute atomic E-state index is 0.107. The maximum Gasteiger partial charge on any atom is 0.337 e. The Morgan fingerprint density at radius 1 is 1.20 bits per heavy atom. The fraction of sp³-hybridized carbons (Fsp3) is 0. The molecule has 0 amide bonds. The number of rotatable bonds is 2. The predicted octanol–water partition coefficient (Wildman–Crippen LogP) is 0.0268. The smallest absolute Gasteiger partial charge is 0.337 e. The first-order valence-corrected chi connectivity index (χ1v) is 3.97. The fourth-order valence-corrected chi connectivity index (χ4v) is 0.959. The lowest BCUT2D eigenvalue weighted by molar-refractivity contribution is 0.0696. The number of hydrogen-bond donors (Lipinski definition) is 1. The third kappa shape index (κ3) is 1.90. The molecule has 0 radical (unpaired) electrons. The van der Waals surface area contributed by atoms with Gasteiger partial charge >= 0.3 is 5.97 Å². The van der Waals surface area contributed by atoms with Crippen molar-refractivity contribution in [2.75, 3.05) is 0 Å². The highest BCUT2D eigenvalue weighted by Crippen LogP contribution is 2.09. The van der Waals surface area contributed by atoms with Crippen molar-refractivity contribution in [2.24, 2.45) is 0 Å². The van der Waals surface area contributed by atoms with Gasteiger partial charge in [0.05, 0.1) is 5.56 Å². The number of aromatic carboxylic acids is 1. The van der Waals surface area contributed by atoms with Crippen LogP contribution in [0.5, 0.6) is 0 Å². The summed E-state index contributed by atoms with van der Waals surface area (Å²) < 4.78 is 0. The van der Waals surface area contributed by atoms with Crippen LogP contribution in [0.4, 0.5) is 0 Å². The van der Waals surface area contributed by atoms with Gasteiger partial charge in [-0.2, -0.15) is 0 Å². The van der Waals surface area contributed by atoms with Crippen LogP contribution in [0, 0.1) is 0 Å². The molecule has 0 fully saturated rings. The highest BCUT2D eigenvalue weighted by Gasteiger charge is 2.06. The van der Waals surface area contributed by atoms with Gasteiger partial charge in [0.1, 0.15) is 5.69 Å². The van der Waals surface area contributed by atoms with E-state index in [-0.39, 0.29) is 11.4 Å². The van der Waals surface area contributed by atoms with Crippen LogP contribution in [0.3, 0.4) is 0 Å². The van der Waals surface area contributed by atoms with Crippen molar-refractivity contribution in [1.29, 1.82) is 0 Å². The van der Waals surface area contributed by atoms with Gasteiger partial charge in [0.2, 0.25) is 5.82 Å². The number of aromatic nitrogens is 5. The molecule has 0 saturated heterocycles. The van der Waals surface area contributed by atoms with Crippen molar-refractivity contribution in [3.05, 3.63) is 30.2 Å². The summed E-state index contributed by atoms with van der Waals surface area (Å²) in [4.78, 5) is 14.4. The van der Waals surface area contributed by atoms with Crippen LogP contribution in [0.2, 0.25) is 0 Å². The van der Waals surface area contributed by atoms with Crippen molar-refractivity contribution in [2.45, 2.75) is 0 Å². The van der Waals surface area contributed by atoms with Crippen LogP contribution >= 0.6 is 0 Å². The van der Waals surface area contributed by atoms with E-state index in [4.69, 9.17) is 5.11 Å². The molecule has 2 aromatic rings. The van der Waals surface area contributed by atoms with Gasteiger partial charge in [-0.25, -0.2) is 4.79 Å². The zero-order valence-corrected chi connectivity index (χ0v) is 7.40. The molecule has 0 saturated carbocycles. The van der Waals surface area contributed by atoms with Crippen molar-refractivity contribution in [3.8, 4) is 11.5 Å². The zero-order chi connectivity index (χ0) is 10.7. The quantitative estimate of drug-likeness (QED) is 0.734. The van der Waals surface area contributed by atoms with Gasteiger partial charge in [-0.15, -0.1) is 20.4 Å². The first kappa shape index (κ1) is 9.13. The van der Waals surface area contributed by atoms with Crippen molar-refractivity contribution < 1.29 is 9.90 Å². The Labute approximate surface area is 83.8 Å². The second-order valence-corrected chi connectivity index (χ2v) is 2.61. The minimum Gasteiger partial charge on any atom is -0.478 e. The Balaban J connectivity index is 2.36. The number of pyridine rings is 1. The summed E-state index contributed by atoms with van der Waals surface area (Å²) in [5.74, 6) is -0.770. The molecule has 0 atom stereocenters. The average molecular weight is 203 g/mol. The monoisotopic (exact) mass is 203 g/mol. The molecule has 74 valence electrons. The van der Waals surface area contributed by atoms with Gasteiger partial charge in [-0.1, -0.05) is 0 Å². The standard InChI is InChI=1S/C8H5N5O2/c14-8(15)5-1-2-6(9-3-5)7-12-10-4-11-13-7/h1-4H,(H,14,15). The molecule has 1 N–H and O–H groups in total. The van der Waals surface area contributed by atoms with Crippen molar-refractivity contribution in [1.82, 2.24) is 25.4 Å². The van der Waals surface area contributed by atoms with E-state index in [1.165, 1.54) is 24.7 Å². The summed E-state index contributed by atoms with van der Waals surface area (Å²) in [6, 6.07) is 2.92.